The van der Waals surface area contributed by atoms with Gasteiger partial charge in [0, 0.05) is 6.42 Å². The smallest absolute Gasteiger partial charge is 0.130 e. The van der Waals surface area contributed by atoms with Crippen LogP contribution in [0.4, 0.5) is 0 Å². The van der Waals surface area contributed by atoms with Crippen LogP contribution >= 0.6 is 0 Å². The standard InChI is InChI=1S/C11H20O/c1-4-7-10(2)8-5-6-9-11(3)12/h5,8,10H,4,6-7,9H2,1-3H3/b8-5+. The molecular formula is C11H20O. The lowest BCUT2D eigenvalue weighted by Crippen LogP contribution is -1.89. The highest BCUT2D eigenvalue weighted by atomic mass is 16.1. The molecule has 0 aromatic heterocycles. The van der Waals surface area contributed by atoms with Crippen molar-refractivity contribution in [2.45, 2.75) is 46.5 Å². The lowest BCUT2D eigenvalue weighted by molar-refractivity contribution is -0.116. The van der Waals surface area contributed by atoms with E-state index >= 15 is 0 Å². The number of carbonyl (C=O) groups is 1. The second kappa shape index (κ2) is 7.08. The summed E-state index contributed by atoms with van der Waals surface area (Å²) in [7, 11) is 0. The van der Waals surface area contributed by atoms with Gasteiger partial charge in [0.05, 0.1) is 0 Å². The summed E-state index contributed by atoms with van der Waals surface area (Å²) in [5, 5.41) is 0. The van der Waals surface area contributed by atoms with E-state index < -0.39 is 0 Å². The van der Waals surface area contributed by atoms with Gasteiger partial charge in [0.25, 0.3) is 0 Å². The van der Waals surface area contributed by atoms with Crippen molar-refractivity contribution in [3.8, 4) is 0 Å². The summed E-state index contributed by atoms with van der Waals surface area (Å²) < 4.78 is 0. The molecule has 0 amide bonds. The number of Topliss-reactive ketones (excluding diaryl/α,β-unsaturated/α-hetero) is 1. The van der Waals surface area contributed by atoms with E-state index in [-0.39, 0.29) is 5.78 Å². The highest BCUT2D eigenvalue weighted by Gasteiger charge is 1.93. The van der Waals surface area contributed by atoms with Crippen molar-refractivity contribution in [1.82, 2.24) is 0 Å². The van der Waals surface area contributed by atoms with Gasteiger partial charge >= 0.3 is 0 Å². The molecule has 0 aromatic carbocycles. The van der Waals surface area contributed by atoms with E-state index in [0.29, 0.717) is 12.3 Å². The van der Waals surface area contributed by atoms with Crippen molar-refractivity contribution in [3.63, 3.8) is 0 Å². The van der Waals surface area contributed by atoms with Crippen molar-refractivity contribution in [2.75, 3.05) is 0 Å². The molecule has 0 bridgehead atoms. The summed E-state index contributed by atoms with van der Waals surface area (Å²) in [4.78, 5) is 10.6. The molecule has 1 unspecified atom stereocenters. The fourth-order valence-electron chi connectivity index (χ4n) is 1.17. The Morgan fingerprint density at radius 3 is 2.67 bits per heavy atom. The molecule has 0 radical (unpaired) electrons. The molecule has 0 N–H and O–H groups in total. The highest BCUT2D eigenvalue weighted by molar-refractivity contribution is 5.75. The van der Waals surface area contributed by atoms with Gasteiger partial charge in [0.2, 0.25) is 0 Å². The third-order valence-electron chi connectivity index (χ3n) is 1.87. The minimum atomic E-state index is 0.280. The van der Waals surface area contributed by atoms with E-state index in [1.54, 1.807) is 6.92 Å². The van der Waals surface area contributed by atoms with Gasteiger partial charge in [-0.1, -0.05) is 32.4 Å². The van der Waals surface area contributed by atoms with Gasteiger partial charge in [0.1, 0.15) is 5.78 Å². The summed E-state index contributed by atoms with van der Waals surface area (Å²) in [6.07, 6.45) is 8.42. The highest BCUT2D eigenvalue weighted by Crippen LogP contribution is 2.07. The van der Waals surface area contributed by atoms with E-state index in [2.05, 4.69) is 26.0 Å². The maximum Gasteiger partial charge on any atom is 0.130 e. The summed E-state index contributed by atoms with van der Waals surface area (Å²) in [5.41, 5.74) is 0. The van der Waals surface area contributed by atoms with Crippen LogP contribution in [-0.4, -0.2) is 5.78 Å². The molecule has 0 aliphatic carbocycles. The first-order valence-electron chi connectivity index (χ1n) is 4.83. The Kier molecular flexibility index (Phi) is 6.73. The molecule has 0 spiro atoms. The molecule has 1 nitrogen and oxygen atoms in total. The molecule has 0 aromatic rings. The van der Waals surface area contributed by atoms with Crippen LogP contribution in [0.15, 0.2) is 12.2 Å². The summed E-state index contributed by atoms with van der Waals surface area (Å²) in [6.45, 7) is 6.05. The normalized spacial score (nSPS) is 13.6. The van der Waals surface area contributed by atoms with Gasteiger partial charge in [-0.2, -0.15) is 0 Å². The first-order valence-corrected chi connectivity index (χ1v) is 4.83. The van der Waals surface area contributed by atoms with E-state index in [9.17, 15) is 4.79 Å². The van der Waals surface area contributed by atoms with Crippen LogP contribution in [0.25, 0.3) is 0 Å². The molecule has 1 heteroatoms. The molecule has 70 valence electrons. The Morgan fingerprint density at radius 2 is 2.17 bits per heavy atom. The monoisotopic (exact) mass is 168 g/mol. The van der Waals surface area contributed by atoms with Crippen molar-refractivity contribution in [3.05, 3.63) is 12.2 Å². The molecule has 1 atom stereocenters. The Balaban J connectivity index is 3.40. The number of hydrogen-bond acceptors (Lipinski definition) is 1. The molecular weight excluding hydrogens is 148 g/mol. The fraction of sp³-hybridized carbons (Fsp3) is 0.727. The fourth-order valence-corrected chi connectivity index (χ4v) is 1.17. The Labute approximate surface area is 75.9 Å². The molecule has 0 aliphatic heterocycles. The summed E-state index contributed by atoms with van der Waals surface area (Å²) in [5.74, 6) is 0.949. The van der Waals surface area contributed by atoms with Gasteiger partial charge < -0.3 is 4.79 Å². The number of rotatable bonds is 6. The average Bonchev–Trinajstić information content (AvgIpc) is 1.98. The SMILES string of the molecule is CCCC(C)/C=C/CCC(C)=O. The Hall–Kier alpha value is -0.590. The van der Waals surface area contributed by atoms with Crippen molar-refractivity contribution in [1.29, 1.82) is 0 Å². The summed E-state index contributed by atoms with van der Waals surface area (Å²) >= 11 is 0. The molecule has 12 heavy (non-hydrogen) atoms. The Morgan fingerprint density at radius 1 is 1.50 bits per heavy atom. The quantitative estimate of drug-likeness (QED) is 0.556. The van der Waals surface area contributed by atoms with Crippen LogP contribution in [0, 0.1) is 5.92 Å². The van der Waals surface area contributed by atoms with E-state index in [4.69, 9.17) is 0 Å². The van der Waals surface area contributed by atoms with Crippen molar-refractivity contribution < 1.29 is 4.79 Å². The number of ketones is 1. The molecule has 0 rings (SSSR count). The molecule has 0 heterocycles. The van der Waals surface area contributed by atoms with E-state index in [1.807, 2.05) is 0 Å². The van der Waals surface area contributed by atoms with E-state index in [0.717, 1.165) is 6.42 Å². The first kappa shape index (κ1) is 11.4. The van der Waals surface area contributed by atoms with Gasteiger partial charge in [-0.25, -0.2) is 0 Å². The van der Waals surface area contributed by atoms with Crippen LogP contribution < -0.4 is 0 Å². The third kappa shape index (κ3) is 7.52. The van der Waals surface area contributed by atoms with Crippen LogP contribution in [0.2, 0.25) is 0 Å². The maximum absolute atomic E-state index is 10.6. The van der Waals surface area contributed by atoms with E-state index in [1.165, 1.54) is 12.8 Å². The molecule has 0 aliphatic rings. The largest absolute Gasteiger partial charge is 0.300 e. The topological polar surface area (TPSA) is 17.1 Å². The van der Waals surface area contributed by atoms with Crippen molar-refractivity contribution in [2.24, 2.45) is 5.92 Å². The first-order chi connectivity index (χ1) is 5.66. The zero-order chi connectivity index (χ0) is 9.40. The predicted octanol–water partition coefficient (Wildman–Crippen LogP) is 3.35. The third-order valence-corrected chi connectivity index (χ3v) is 1.87. The second-order valence-corrected chi connectivity index (χ2v) is 3.43. The van der Waals surface area contributed by atoms with Crippen LogP contribution in [-0.2, 0) is 4.79 Å². The minimum Gasteiger partial charge on any atom is -0.300 e. The van der Waals surface area contributed by atoms with Crippen LogP contribution in [0.5, 0.6) is 0 Å². The molecule has 0 saturated heterocycles. The van der Waals surface area contributed by atoms with Gasteiger partial charge in [-0.05, 0) is 25.7 Å². The van der Waals surface area contributed by atoms with Gasteiger partial charge in [-0.15, -0.1) is 0 Å². The maximum atomic E-state index is 10.6. The minimum absolute atomic E-state index is 0.280. The van der Waals surface area contributed by atoms with Crippen LogP contribution in [0.1, 0.15) is 46.5 Å². The van der Waals surface area contributed by atoms with Crippen LogP contribution in [0.3, 0.4) is 0 Å². The number of hydrogen-bond donors (Lipinski definition) is 0. The second-order valence-electron chi connectivity index (χ2n) is 3.43. The average molecular weight is 168 g/mol. The zero-order valence-electron chi connectivity index (χ0n) is 8.47. The number of carbonyl (C=O) groups excluding carboxylic acids is 1. The van der Waals surface area contributed by atoms with Crippen molar-refractivity contribution >= 4 is 5.78 Å². The lowest BCUT2D eigenvalue weighted by atomic mass is 10.1. The van der Waals surface area contributed by atoms with Gasteiger partial charge in [0.15, 0.2) is 0 Å². The predicted molar refractivity (Wildman–Crippen MR) is 53.1 cm³/mol. The number of allylic oxidation sites excluding steroid dienone is 2. The van der Waals surface area contributed by atoms with Gasteiger partial charge in [-0.3, -0.25) is 0 Å². The zero-order valence-corrected chi connectivity index (χ0v) is 8.47. The lowest BCUT2D eigenvalue weighted by Gasteiger charge is -2.01. The molecule has 0 saturated carbocycles. The Bertz CT molecular complexity index is 147. The molecule has 0 fully saturated rings. The summed E-state index contributed by atoms with van der Waals surface area (Å²) in [6, 6.07) is 0.